The van der Waals surface area contributed by atoms with Crippen molar-refractivity contribution in [3.8, 4) is 0 Å². The van der Waals surface area contributed by atoms with Crippen LogP contribution in [0.4, 0.5) is 0 Å². The lowest BCUT2D eigenvalue weighted by molar-refractivity contribution is -0.139. The van der Waals surface area contributed by atoms with Crippen LogP contribution in [-0.4, -0.2) is 17.1 Å². The van der Waals surface area contributed by atoms with E-state index in [9.17, 15) is 4.79 Å². The van der Waals surface area contributed by atoms with Crippen LogP contribution < -0.4 is 5.73 Å². The summed E-state index contributed by atoms with van der Waals surface area (Å²) in [5.74, 6) is -0.326. The van der Waals surface area contributed by atoms with E-state index in [2.05, 4.69) is 27.7 Å². The fourth-order valence-electron chi connectivity index (χ4n) is 1.87. The molecule has 0 saturated heterocycles. The first-order valence-corrected chi connectivity index (χ1v) is 4.73. The second kappa shape index (κ2) is 4.61. The highest BCUT2D eigenvalue weighted by Gasteiger charge is 2.25. The monoisotopic (exact) mass is 187 g/mol. The number of aliphatic carboxylic acids is 1. The van der Waals surface area contributed by atoms with E-state index in [0.717, 1.165) is 6.42 Å². The van der Waals surface area contributed by atoms with Gasteiger partial charge in [-0.2, -0.15) is 0 Å². The molecule has 0 amide bonds. The van der Waals surface area contributed by atoms with Gasteiger partial charge in [0.2, 0.25) is 0 Å². The first-order valence-electron chi connectivity index (χ1n) is 4.73. The summed E-state index contributed by atoms with van der Waals surface area (Å²) in [6, 6.07) is -0.728. The predicted octanol–water partition coefficient (Wildman–Crippen LogP) is 1.86. The van der Waals surface area contributed by atoms with Crippen LogP contribution in [0.3, 0.4) is 0 Å². The van der Waals surface area contributed by atoms with Crippen LogP contribution in [0.25, 0.3) is 0 Å². The first-order chi connectivity index (χ1) is 5.74. The molecule has 3 N–H and O–H groups in total. The number of carboxylic acids is 1. The third kappa shape index (κ3) is 5.64. The fraction of sp³-hybridized carbons (Fsp3) is 0.900. The Labute approximate surface area is 80.3 Å². The Hall–Kier alpha value is -0.570. The quantitative estimate of drug-likeness (QED) is 0.690. The molecule has 0 fully saturated rings. The summed E-state index contributed by atoms with van der Waals surface area (Å²) in [5, 5.41) is 8.65. The van der Waals surface area contributed by atoms with Gasteiger partial charge < -0.3 is 10.8 Å². The lowest BCUT2D eigenvalue weighted by Crippen LogP contribution is -2.35. The van der Waals surface area contributed by atoms with E-state index >= 15 is 0 Å². The van der Waals surface area contributed by atoms with Crippen LogP contribution in [-0.2, 0) is 4.79 Å². The van der Waals surface area contributed by atoms with Gasteiger partial charge in [-0.1, -0.05) is 27.7 Å². The largest absolute Gasteiger partial charge is 0.480 e. The minimum atomic E-state index is -0.906. The third-order valence-electron chi connectivity index (χ3n) is 2.05. The highest BCUT2D eigenvalue weighted by Crippen LogP contribution is 2.29. The number of nitrogens with two attached hydrogens (primary N) is 1. The molecule has 0 bridgehead atoms. The molecule has 1 atom stereocenters. The molecule has 0 saturated carbocycles. The summed E-state index contributed by atoms with van der Waals surface area (Å²) in [4.78, 5) is 10.5. The van der Waals surface area contributed by atoms with Crippen molar-refractivity contribution >= 4 is 5.97 Å². The minimum Gasteiger partial charge on any atom is -0.480 e. The van der Waals surface area contributed by atoms with Crippen molar-refractivity contribution in [3.05, 3.63) is 0 Å². The van der Waals surface area contributed by atoms with Gasteiger partial charge in [0.1, 0.15) is 6.04 Å². The van der Waals surface area contributed by atoms with Crippen molar-refractivity contribution in [1.29, 1.82) is 0 Å². The molecule has 0 spiro atoms. The maximum atomic E-state index is 10.5. The molecular formula is C10H21NO2. The SMILES string of the molecule is CC(C)CC(C)(C)C[C@H](N)C(=O)O. The van der Waals surface area contributed by atoms with E-state index in [4.69, 9.17) is 10.8 Å². The Balaban J connectivity index is 4.08. The summed E-state index contributed by atoms with van der Waals surface area (Å²) >= 11 is 0. The summed E-state index contributed by atoms with van der Waals surface area (Å²) in [7, 11) is 0. The fourth-order valence-corrected chi connectivity index (χ4v) is 1.87. The molecule has 0 rings (SSSR count). The van der Waals surface area contributed by atoms with Gasteiger partial charge in [0.25, 0.3) is 0 Å². The Kier molecular flexibility index (Phi) is 4.40. The van der Waals surface area contributed by atoms with Crippen LogP contribution >= 0.6 is 0 Å². The molecule has 0 aromatic rings. The van der Waals surface area contributed by atoms with Crippen molar-refractivity contribution < 1.29 is 9.90 Å². The standard InChI is InChI=1S/C10H21NO2/c1-7(2)5-10(3,4)6-8(11)9(12)13/h7-8H,5-6,11H2,1-4H3,(H,12,13)/t8-/m0/s1. The topological polar surface area (TPSA) is 63.3 Å². The third-order valence-corrected chi connectivity index (χ3v) is 2.05. The molecule has 0 radical (unpaired) electrons. The van der Waals surface area contributed by atoms with Gasteiger partial charge in [0, 0.05) is 0 Å². The number of carbonyl (C=O) groups is 1. The van der Waals surface area contributed by atoms with Crippen LogP contribution in [0.1, 0.15) is 40.5 Å². The molecular weight excluding hydrogens is 166 g/mol. The van der Waals surface area contributed by atoms with Gasteiger partial charge in [0.15, 0.2) is 0 Å². The molecule has 0 aromatic heterocycles. The Bertz CT molecular complexity index is 176. The van der Waals surface area contributed by atoms with Crippen LogP contribution in [0.2, 0.25) is 0 Å². The van der Waals surface area contributed by atoms with Gasteiger partial charge in [-0.25, -0.2) is 0 Å². The number of rotatable bonds is 5. The van der Waals surface area contributed by atoms with Crippen LogP contribution in [0.5, 0.6) is 0 Å². The second-order valence-electron chi connectivity index (χ2n) is 4.91. The Morgan fingerprint density at radius 1 is 1.38 bits per heavy atom. The van der Waals surface area contributed by atoms with Crippen LogP contribution in [0, 0.1) is 11.3 Å². The number of carboxylic acid groups (broad SMARTS) is 1. The number of hydrogen-bond acceptors (Lipinski definition) is 2. The lowest BCUT2D eigenvalue weighted by atomic mass is 9.79. The van der Waals surface area contributed by atoms with Crippen LogP contribution in [0.15, 0.2) is 0 Å². The molecule has 3 nitrogen and oxygen atoms in total. The van der Waals surface area contributed by atoms with Crippen molar-refractivity contribution in [2.45, 2.75) is 46.6 Å². The normalized spacial score (nSPS) is 14.6. The average Bonchev–Trinajstić information content (AvgIpc) is 1.81. The smallest absolute Gasteiger partial charge is 0.320 e. The van der Waals surface area contributed by atoms with Crippen molar-refractivity contribution in [1.82, 2.24) is 0 Å². The average molecular weight is 187 g/mol. The van der Waals surface area contributed by atoms with Crippen molar-refractivity contribution in [2.75, 3.05) is 0 Å². The van der Waals surface area contributed by atoms with Gasteiger partial charge in [-0.05, 0) is 24.2 Å². The van der Waals surface area contributed by atoms with E-state index in [0.29, 0.717) is 12.3 Å². The first kappa shape index (κ1) is 12.4. The Morgan fingerprint density at radius 3 is 2.15 bits per heavy atom. The van der Waals surface area contributed by atoms with E-state index in [1.54, 1.807) is 0 Å². The van der Waals surface area contributed by atoms with Crippen molar-refractivity contribution in [3.63, 3.8) is 0 Å². The molecule has 0 aliphatic heterocycles. The summed E-state index contributed by atoms with van der Waals surface area (Å²) in [6.45, 7) is 8.40. The summed E-state index contributed by atoms with van der Waals surface area (Å²) < 4.78 is 0. The molecule has 78 valence electrons. The van der Waals surface area contributed by atoms with Gasteiger partial charge in [-0.15, -0.1) is 0 Å². The molecule has 0 aliphatic carbocycles. The zero-order valence-electron chi connectivity index (χ0n) is 9.00. The molecule has 0 unspecified atom stereocenters. The molecule has 13 heavy (non-hydrogen) atoms. The predicted molar refractivity (Wildman–Crippen MR) is 53.5 cm³/mol. The summed E-state index contributed by atoms with van der Waals surface area (Å²) in [5.41, 5.74) is 5.50. The minimum absolute atomic E-state index is 0.0198. The maximum Gasteiger partial charge on any atom is 0.320 e. The summed E-state index contributed by atoms with van der Waals surface area (Å²) in [6.07, 6.45) is 1.55. The van der Waals surface area contributed by atoms with E-state index in [1.165, 1.54) is 0 Å². The zero-order chi connectivity index (χ0) is 10.6. The highest BCUT2D eigenvalue weighted by molar-refractivity contribution is 5.73. The molecule has 0 aliphatic rings. The van der Waals surface area contributed by atoms with Crippen molar-refractivity contribution in [2.24, 2.45) is 17.1 Å². The second-order valence-corrected chi connectivity index (χ2v) is 4.91. The number of hydrogen-bond donors (Lipinski definition) is 2. The van der Waals surface area contributed by atoms with E-state index in [1.807, 2.05) is 0 Å². The maximum absolute atomic E-state index is 10.5. The molecule has 3 heteroatoms. The zero-order valence-corrected chi connectivity index (χ0v) is 9.00. The molecule has 0 heterocycles. The van der Waals surface area contributed by atoms with E-state index in [-0.39, 0.29) is 5.41 Å². The molecule has 0 aromatic carbocycles. The van der Waals surface area contributed by atoms with E-state index < -0.39 is 12.0 Å². The van der Waals surface area contributed by atoms with Gasteiger partial charge in [0.05, 0.1) is 0 Å². The highest BCUT2D eigenvalue weighted by atomic mass is 16.4. The Morgan fingerprint density at radius 2 is 1.85 bits per heavy atom. The lowest BCUT2D eigenvalue weighted by Gasteiger charge is -2.28. The van der Waals surface area contributed by atoms with Gasteiger partial charge in [-0.3, -0.25) is 4.79 Å². The van der Waals surface area contributed by atoms with Gasteiger partial charge >= 0.3 is 5.97 Å².